The van der Waals surface area contributed by atoms with Crippen LogP contribution in [0.4, 0.5) is 0 Å². The van der Waals surface area contributed by atoms with Crippen LogP contribution in [0.1, 0.15) is 16.8 Å². The molecule has 1 aliphatic rings. The number of nitrogens with zero attached hydrogens (tertiary/aromatic N) is 1. The van der Waals surface area contributed by atoms with Gasteiger partial charge >= 0.3 is 0 Å². The number of benzene rings is 3. The first kappa shape index (κ1) is 18.7. The third-order valence-electron chi connectivity index (χ3n) is 5.79. The largest absolute Gasteiger partial charge is 0.392 e. The van der Waals surface area contributed by atoms with E-state index in [4.69, 9.17) is 0 Å². The van der Waals surface area contributed by atoms with Gasteiger partial charge in [0.25, 0.3) is 5.91 Å². The van der Waals surface area contributed by atoms with Crippen LogP contribution in [-0.2, 0) is 0 Å². The van der Waals surface area contributed by atoms with Crippen molar-refractivity contribution in [1.29, 1.82) is 0 Å². The number of aliphatic hydroxyl groups excluding tert-OH is 1. The fourth-order valence-corrected chi connectivity index (χ4v) is 4.36. The van der Waals surface area contributed by atoms with E-state index >= 15 is 0 Å². The molecule has 1 aromatic heterocycles. The summed E-state index contributed by atoms with van der Waals surface area (Å²) in [5, 5.41) is 20.2. The first-order valence-electron chi connectivity index (χ1n) is 10.3. The van der Waals surface area contributed by atoms with Gasteiger partial charge in [0.15, 0.2) is 0 Å². The Balaban J connectivity index is 1.58. The fourth-order valence-electron chi connectivity index (χ4n) is 4.36. The van der Waals surface area contributed by atoms with E-state index < -0.39 is 6.10 Å². The maximum Gasteiger partial charge on any atom is 0.252 e. The van der Waals surface area contributed by atoms with Crippen LogP contribution in [0.2, 0.25) is 0 Å². The number of aromatic nitrogens is 1. The number of hydrogen-bond donors (Lipinski definition) is 3. The molecule has 1 aliphatic heterocycles. The summed E-state index contributed by atoms with van der Waals surface area (Å²) in [6.07, 6.45) is 3.90. The van der Waals surface area contributed by atoms with E-state index in [1.807, 2.05) is 54.9 Å². The van der Waals surface area contributed by atoms with Crippen LogP contribution in [0.3, 0.4) is 0 Å². The maximum atomic E-state index is 13.1. The maximum absolute atomic E-state index is 13.1. The number of amides is 1. The molecule has 2 heterocycles. The van der Waals surface area contributed by atoms with E-state index in [2.05, 4.69) is 33.8 Å². The van der Waals surface area contributed by atoms with Crippen LogP contribution in [-0.4, -0.2) is 41.2 Å². The van der Waals surface area contributed by atoms with Crippen molar-refractivity contribution < 1.29 is 9.90 Å². The highest BCUT2D eigenvalue weighted by Crippen LogP contribution is 2.34. The molecule has 0 saturated carbocycles. The Morgan fingerprint density at radius 1 is 0.900 bits per heavy atom. The van der Waals surface area contributed by atoms with Crippen LogP contribution >= 0.6 is 0 Å². The molecule has 1 fully saturated rings. The monoisotopic (exact) mass is 397 g/mol. The molecule has 5 heteroatoms. The summed E-state index contributed by atoms with van der Waals surface area (Å²) in [5.74, 6) is -0.116. The number of carbonyl (C=O) groups is 1. The van der Waals surface area contributed by atoms with E-state index in [0.29, 0.717) is 25.1 Å². The smallest absolute Gasteiger partial charge is 0.252 e. The van der Waals surface area contributed by atoms with E-state index in [1.165, 1.54) is 0 Å². The van der Waals surface area contributed by atoms with Gasteiger partial charge in [-0.3, -0.25) is 9.78 Å². The second-order valence-corrected chi connectivity index (χ2v) is 7.83. The quantitative estimate of drug-likeness (QED) is 0.495. The number of β-amino-alcohol motifs (C(OH)–C–C–N with tert-alkyl or cyclic N) is 1. The van der Waals surface area contributed by atoms with Crippen LogP contribution in [0.25, 0.3) is 32.7 Å². The van der Waals surface area contributed by atoms with Crippen LogP contribution in [0.5, 0.6) is 0 Å². The van der Waals surface area contributed by atoms with Crippen molar-refractivity contribution in [2.75, 3.05) is 13.1 Å². The molecule has 2 atom stereocenters. The molecule has 5 nitrogen and oxygen atoms in total. The van der Waals surface area contributed by atoms with Gasteiger partial charge in [0, 0.05) is 48.0 Å². The minimum absolute atomic E-state index is 0.0815. The highest BCUT2D eigenvalue weighted by molar-refractivity contribution is 6.13. The Hall–Kier alpha value is -3.28. The SMILES string of the molecule is O=C(N[C@@H]1CNC[C@H](O)C1)c1ccc(-c2cncc3ccccc23)c2ccccc12. The van der Waals surface area contributed by atoms with Crippen molar-refractivity contribution in [2.24, 2.45) is 0 Å². The van der Waals surface area contributed by atoms with Gasteiger partial charge in [-0.2, -0.15) is 0 Å². The molecule has 4 aromatic rings. The number of carbonyl (C=O) groups excluding carboxylic acids is 1. The number of fused-ring (bicyclic) bond motifs is 2. The predicted octanol–water partition coefficient (Wildman–Crippen LogP) is 3.51. The van der Waals surface area contributed by atoms with E-state index in [-0.39, 0.29) is 11.9 Å². The molecule has 1 saturated heterocycles. The Labute approximate surface area is 174 Å². The Bertz CT molecular complexity index is 1230. The van der Waals surface area contributed by atoms with Gasteiger partial charge in [0.1, 0.15) is 0 Å². The Kier molecular flexibility index (Phi) is 4.91. The number of hydrogen-bond acceptors (Lipinski definition) is 4. The van der Waals surface area contributed by atoms with Crippen LogP contribution in [0.15, 0.2) is 73.1 Å². The zero-order valence-corrected chi connectivity index (χ0v) is 16.5. The third-order valence-corrected chi connectivity index (χ3v) is 5.79. The average Bonchev–Trinajstić information content (AvgIpc) is 2.78. The minimum Gasteiger partial charge on any atom is -0.392 e. The minimum atomic E-state index is -0.429. The van der Waals surface area contributed by atoms with Crippen molar-refractivity contribution in [3.63, 3.8) is 0 Å². The van der Waals surface area contributed by atoms with Gasteiger partial charge in [-0.1, -0.05) is 54.6 Å². The predicted molar refractivity (Wildman–Crippen MR) is 119 cm³/mol. The van der Waals surface area contributed by atoms with Crippen LogP contribution < -0.4 is 10.6 Å². The Morgan fingerprint density at radius 3 is 2.50 bits per heavy atom. The molecule has 0 bridgehead atoms. The molecule has 0 radical (unpaired) electrons. The number of piperidine rings is 1. The molecular formula is C25H23N3O2. The fraction of sp³-hybridized carbons (Fsp3) is 0.200. The Morgan fingerprint density at radius 2 is 1.67 bits per heavy atom. The molecule has 1 amide bonds. The lowest BCUT2D eigenvalue weighted by Crippen LogP contribution is -2.50. The second-order valence-electron chi connectivity index (χ2n) is 7.83. The van der Waals surface area contributed by atoms with E-state index in [1.54, 1.807) is 0 Å². The first-order valence-corrected chi connectivity index (χ1v) is 10.3. The first-order chi connectivity index (χ1) is 14.7. The molecule has 150 valence electrons. The zero-order chi connectivity index (χ0) is 20.5. The van der Waals surface area contributed by atoms with Crippen molar-refractivity contribution in [3.05, 3.63) is 78.6 Å². The number of aliphatic hydroxyl groups is 1. The lowest BCUT2D eigenvalue weighted by molar-refractivity contribution is 0.0878. The van der Waals surface area contributed by atoms with E-state index in [0.717, 1.165) is 32.7 Å². The summed E-state index contributed by atoms with van der Waals surface area (Å²) in [7, 11) is 0. The molecule has 30 heavy (non-hydrogen) atoms. The highest BCUT2D eigenvalue weighted by Gasteiger charge is 2.23. The summed E-state index contributed by atoms with van der Waals surface area (Å²) in [6.45, 7) is 1.24. The van der Waals surface area contributed by atoms with Crippen molar-refractivity contribution >= 4 is 27.5 Å². The molecule has 3 aromatic carbocycles. The van der Waals surface area contributed by atoms with Crippen molar-refractivity contribution in [1.82, 2.24) is 15.6 Å². The second kappa shape index (κ2) is 7.86. The standard InChI is InChI=1S/C25H23N3O2/c29-18-11-17(13-27-14-18)28-25(30)23-10-9-22(20-7-3-4-8-21(20)23)24-15-26-12-16-5-1-2-6-19(16)24/h1-10,12,15,17-18,27,29H,11,13-14H2,(H,28,30)/t17-,18+/m0/s1. The van der Waals surface area contributed by atoms with Gasteiger partial charge in [0.05, 0.1) is 6.10 Å². The normalized spacial score (nSPS) is 19.1. The van der Waals surface area contributed by atoms with Gasteiger partial charge < -0.3 is 15.7 Å². The number of rotatable bonds is 3. The summed E-state index contributed by atoms with van der Waals surface area (Å²) in [5.41, 5.74) is 2.75. The molecule has 5 rings (SSSR count). The molecule has 0 spiro atoms. The van der Waals surface area contributed by atoms with Gasteiger partial charge in [0.2, 0.25) is 0 Å². The van der Waals surface area contributed by atoms with Gasteiger partial charge in [-0.25, -0.2) is 0 Å². The third kappa shape index (κ3) is 3.43. The van der Waals surface area contributed by atoms with Crippen molar-refractivity contribution in [2.45, 2.75) is 18.6 Å². The van der Waals surface area contributed by atoms with Gasteiger partial charge in [-0.05, 0) is 34.2 Å². The summed E-state index contributed by atoms with van der Waals surface area (Å²) in [4.78, 5) is 17.5. The molecular weight excluding hydrogens is 374 g/mol. The van der Waals surface area contributed by atoms with E-state index in [9.17, 15) is 9.90 Å². The highest BCUT2D eigenvalue weighted by atomic mass is 16.3. The molecule has 0 aliphatic carbocycles. The lowest BCUT2D eigenvalue weighted by atomic mass is 9.93. The topological polar surface area (TPSA) is 74.2 Å². The summed E-state index contributed by atoms with van der Waals surface area (Å²) >= 11 is 0. The van der Waals surface area contributed by atoms with Crippen molar-refractivity contribution in [3.8, 4) is 11.1 Å². The molecule has 3 N–H and O–H groups in total. The number of nitrogens with one attached hydrogen (secondary N) is 2. The lowest BCUT2D eigenvalue weighted by Gasteiger charge is -2.27. The number of pyridine rings is 1. The summed E-state index contributed by atoms with van der Waals surface area (Å²) < 4.78 is 0. The average molecular weight is 397 g/mol. The van der Waals surface area contributed by atoms with Gasteiger partial charge in [-0.15, -0.1) is 0 Å². The van der Waals surface area contributed by atoms with Crippen LogP contribution in [0, 0.1) is 0 Å². The molecule has 0 unspecified atom stereocenters. The zero-order valence-electron chi connectivity index (χ0n) is 16.5. The summed E-state index contributed by atoms with van der Waals surface area (Å²) in [6, 6.07) is 20.0.